The fraction of sp³-hybridized carbons (Fsp3) is 0.368. The number of ether oxygens (including phenoxy) is 1. The lowest BCUT2D eigenvalue weighted by Gasteiger charge is -2.34. The van der Waals surface area contributed by atoms with E-state index in [4.69, 9.17) is 4.74 Å². The fourth-order valence-electron chi connectivity index (χ4n) is 3.12. The zero-order chi connectivity index (χ0) is 14.7. The molecule has 21 heavy (non-hydrogen) atoms. The first kappa shape index (κ1) is 14.2. The van der Waals surface area contributed by atoms with Crippen molar-refractivity contribution in [3.8, 4) is 5.75 Å². The number of benzene rings is 2. The molecule has 0 radical (unpaired) electrons. The van der Waals surface area contributed by atoms with Gasteiger partial charge in [-0.3, -0.25) is 0 Å². The Bertz CT molecular complexity index is 579. The molecule has 0 spiro atoms. The van der Waals surface area contributed by atoms with E-state index in [0.29, 0.717) is 5.92 Å². The first-order chi connectivity index (χ1) is 10.2. The number of aliphatic hydroxyl groups excluding tert-OH is 1. The standard InChI is InChI=1S/C19H22O2/c1-14-7-5-6-10-18(14)21-19-13-16(11-12-17(19)20)15-8-3-2-4-9-15/h2-10,16-17,19-20H,11-13H2,1H3. The summed E-state index contributed by atoms with van der Waals surface area (Å²) in [6.45, 7) is 2.04. The van der Waals surface area contributed by atoms with Gasteiger partial charge < -0.3 is 9.84 Å². The number of hydrogen-bond acceptors (Lipinski definition) is 2. The van der Waals surface area contributed by atoms with Crippen LogP contribution in [0.25, 0.3) is 0 Å². The van der Waals surface area contributed by atoms with Gasteiger partial charge in [-0.25, -0.2) is 0 Å². The maximum Gasteiger partial charge on any atom is 0.125 e. The Morgan fingerprint density at radius 1 is 0.952 bits per heavy atom. The van der Waals surface area contributed by atoms with Crippen molar-refractivity contribution < 1.29 is 9.84 Å². The van der Waals surface area contributed by atoms with Crippen LogP contribution in [0.3, 0.4) is 0 Å². The van der Waals surface area contributed by atoms with Crippen LogP contribution in [0.5, 0.6) is 5.75 Å². The molecule has 3 unspecified atom stereocenters. The van der Waals surface area contributed by atoms with Gasteiger partial charge in [-0.05, 0) is 49.3 Å². The van der Waals surface area contributed by atoms with E-state index in [9.17, 15) is 5.11 Å². The summed E-state index contributed by atoms with van der Waals surface area (Å²) in [4.78, 5) is 0. The minimum atomic E-state index is -0.371. The molecule has 2 heteroatoms. The van der Waals surface area contributed by atoms with Crippen LogP contribution >= 0.6 is 0 Å². The third kappa shape index (κ3) is 3.27. The van der Waals surface area contributed by atoms with Crippen LogP contribution < -0.4 is 4.74 Å². The summed E-state index contributed by atoms with van der Waals surface area (Å²) in [5.74, 6) is 1.36. The molecule has 1 fully saturated rings. The zero-order valence-corrected chi connectivity index (χ0v) is 12.4. The van der Waals surface area contributed by atoms with Gasteiger partial charge in [0.1, 0.15) is 11.9 Å². The highest BCUT2D eigenvalue weighted by Gasteiger charge is 2.31. The van der Waals surface area contributed by atoms with Crippen molar-refractivity contribution in [1.29, 1.82) is 0 Å². The minimum Gasteiger partial charge on any atom is -0.487 e. The lowest BCUT2D eigenvalue weighted by molar-refractivity contribution is 0.0000906. The second-order valence-corrected chi connectivity index (χ2v) is 5.91. The molecule has 1 N–H and O–H groups in total. The number of hydrogen-bond donors (Lipinski definition) is 1. The molecular weight excluding hydrogens is 260 g/mol. The van der Waals surface area contributed by atoms with Crippen LogP contribution in [0.15, 0.2) is 54.6 Å². The quantitative estimate of drug-likeness (QED) is 0.919. The van der Waals surface area contributed by atoms with E-state index >= 15 is 0 Å². The normalized spacial score (nSPS) is 25.5. The maximum absolute atomic E-state index is 10.3. The Morgan fingerprint density at radius 3 is 2.43 bits per heavy atom. The Balaban J connectivity index is 1.74. The molecule has 110 valence electrons. The van der Waals surface area contributed by atoms with Crippen molar-refractivity contribution in [2.24, 2.45) is 0 Å². The summed E-state index contributed by atoms with van der Waals surface area (Å²) in [5, 5.41) is 10.3. The molecule has 3 atom stereocenters. The van der Waals surface area contributed by atoms with E-state index in [0.717, 1.165) is 30.6 Å². The smallest absolute Gasteiger partial charge is 0.125 e. The van der Waals surface area contributed by atoms with Crippen LogP contribution in [0, 0.1) is 6.92 Å². The molecule has 2 aromatic rings. The summed E-state index contributed by atoms with van der Waals surface area (Å²) in [6.07, 6.45) is 2.21. The van der Waals surface area contributed by atoms with E-state index in [1.165, 1.54) is 5.56 Å². The van der Waals surface area contributed by atoms with Crippen molar-refractivity contribution in [3.05, 3.63) is 65.7 Å². The molecule has 0 saturated heterocycles. The lowest BCUT2D eigenvalue weighted by Crippen LogP contribution is -2.37. The molecule has 2 nitrogen and oxygen atoms in total. The van der Waals surface area contributed by atoms with E-state index < -0.39 is 0 Å². The zero-order valence-electron chi connectivity index (χ0n) is 12.4. The average molecular weight is 282 g/mol. The Kier molecular flexibility index (Phi) is 4.26. The summed E-state index contributed by atoms with van der Waals surface area (Å²) in [5.41, 5.74) is 2.47. The summed E-state index contributed by atoms with van der Waals surface area (Å²) >= 11 is 0. The van der Waals surface area contributed by atoms with Gasteiger partial charge in [0.25, 0.3) is 0 Å². The molecule has 0 amide bonds. The highest BCUT2D eigenvalue weighted by molar-refractivity contribution is 5.32. The minimum absolute atomic E-state index is 0.120. The Labute approximate surface area is 126 Å². The highest BCUT2D eigenvalue weighted by Crippen LogP contribution is 2.35. The van der Waals surface area contributed by atoms with Gasteiger partial charge in [-0.1, -0.05) is 48.5 Å². The predicted octanol–water partition coefficient (Wildman–Crippen LogP) is 4.07. The molecule has 0 heterocycles. The molecule has 0 bridgehead atoms. The lowest BCUT2D eigenvalue weighted by atomic mass is 9.81. The second-order valence-electron chi connectivity index (χ2n) is 5.91. The molecule has 2 aromatic carbocycles. The van der Waals surface area contributed by atoms with Gasteiger partial charge >= 0.3 is 0 Å². The average Bonchev–Trinajstić information content (AvgIpc) is 2.52. The van der Waals surface area contributed by atoms with Gasteiger partial charge in [0.15, 0.2) is 0 Å². The van der Waals surface area contributed by atoms with E-state index in [2.05, 4.69) is 24.3 Å². The van der Waals surface area contributed by atoms with Crippen LogP contribution in [0.4, 0.5) is 0 Å². The number of aliphatic hydroxyl groups is 1. The van der Waals surface area contributed by atoms with Crippen molar-refractivity contribution in [3.63, 3.8) is 0 Å². The monoisotopic (exact) mass is 282 g/mol. The second kappa shape index (κ2) is 6.31. The van der Waals surface area contributed by atoms with Crippen molar-refractivity contribution in [1.82, 2.24) is 0 Å². The first-order valence-corrected chi connectivity index (χ1v) is 7.69. The van der Waals surface area contributed by atoms with Crippen molar-refractivity contribution >= 4 is 0 Å². The Hall–Kier alpha value is -1.80. The molecule has 0 aliphatic heterocycles. The number of para-hydroxylation sites is 1. The Morgan fingerprint density at radius 2 is 1.67 bits per heavy atom. The fourth-order valence-corrected chi connectivity index (χ4v) is 3.12. The number of aryl methyl sites for hydroxylation is 1. The van der Waals surface area contributed by atoms with Gasteiger partial charge in [-0.15, -0.1) is 0 Å². The summed E-state index contributed by atoms with van der Waals surface area (Å²) in [7, 11) is 0. The molecule has 0 aromatic heterocycles. The van der Waals surface area contributed by atoms with Crippen LogP contribution in [-0.2, 0) is 0 Å². The molecular formula is C19H22O2. The van der Waals surface area contributed by atoms with Gasteiger partial charge in [0.05, 0.1) is 6.10 Å². The summed E-state index contributed by atoms with van der Waals surface area (Å²) in [6, 6.07) is 18.6. The molecule has 3 rings (SSSR count). The van der Waals surface area contributed by atoms with Gasteiger partial charge in [-0.2, -0.15) is 0 Å². The van der Waals surface area contributed by atoms with Crippen molar-refractivity contribution in [2.75, 3.05) is 0 Å². The first-order valence-electron chi connectivity index (χ1n) is 7.69. The molecule has 1 aliphatic carbocycles. The van der Waals surface area contributed by atoms with Crippen LogP contribution in [0.1, 0.15) is 36.3 Å². The third-order valence-electron chi connectivity index (χ3n) is 4.40. The third-order valence-corrected chi connectivity index (χ3v) is 4.40. The van der Waals surface area contributed by atoms with E-state index in [-0.39, 0.29) is 12.2 Å². The number of rotatable bonds is 3. The maximum atomic E-state index is 10.3. The highest BCUT2D eigenvalue weighted by atomic mass is 16.5. The van der Waals surface area contributed by atoms with E-state index in [1.807, 2.05) is 37.3 Å². The van der Waals surface area contributed by atoms with Gasteiger partial charge in [0.2, 0.25) is 0 Å². The van der Waals surface area contributed by atoms with Crippen LogP contribution in [0.2, 0.25) is 0 Å². The predicted molar refractivity (Wildman–Crippen MR) is 84.6 cm³/mol. The van der Waals surface area contributed by atoms with Crippen LogP contribution in [-0.4, -0.2) is 17.3 Å². The summed E-state index contributed by atoms with van der Waals surface area (Å²) < 4.78 is 6.10. The SMILES string of the molecule is Cc1ccccc1OC1CC(c2ccccc2)CCC1O. The largest absolute Gasteiger partial charge is 0.487 e. The molecule has 1 saturated carbocycles. The van der Waals surface area contributed by atoms with E-state index in [1.54, 1.807) is 0 Å². The van der Waals surface area contributed by atoms with Gasteiger partial charge in [0, 0.05) is 0 Å². The van der Waals surface area contributed by atoms with Crippen molar-refractivity contribution in [2.45, 2.75) is 44.3 Å². The topological polar surface area (TPSA) is 29.5 Å². The molecule has 1 aliphatic rings.